The van der Waals surface area contributed by atoms with Gasteiger partial charge in [0.15, 0.2) is 0 Å². The molecule has 0 amide bonds. The number of hydrogen-bond donors (Lipinski definition) is 2. The molecule has 0 radical (unpaired) electrons. The number of aryl methyl sites for hydroxylation is 1. The van der Waals surface area contributed by atoms with Crippen molar-refractivity contribution in [3.05, 3.63) is 35.9 Å². The van der Waals surface area contributed by atoms with E-state index in [1.165, 1.54) is 12.8 Å². The van der Waals surface area contributed by atoms with Crippen LogP contribution in [0.5, 0.6) is 0 Å². The molecule has 1 aliphatic carbocycles. The van der Waals surface area contributed by atoms with Crippen LogP contribution in [0.4, 0.5) is 0 Å². The zero-order valence-corrected chi connectivity index (χ0v) is 11.9. The zero-order chi connectivity index (χ0) is 14.4. The molecule has 20 heavy (non-hydrogen) atoms. The summed E-state index contributed by atoms with van der Waals surface area (Å²) in [5, 5.41) is 19.6. The van der Waals surface area contributed by atoms with Gasteiger partial charge in [0, 0.05) is 0 Å². The van der Waals surface area contributed by atoms with Gasteiger partial charge in [0.2, 0.25) is 0 Å². The van der Waals surface area contributed by atoms with Gasteiger partial charge in [0.1, 0.15) is 0 Å². The molecule has 110 valence electrons. The first kappa shape index (κ1) is 15.0. The van der Waals surface area contributed by atoms with Gasteiger partial charge in [-0.05, 0) is 30.7 Å². The number of benzene rings is 1. The van der Waals surface area contributed by atoms with Crippen LogP contribution in [0, 0.1) is 11.8 Å². The number of aliphatic carboxylic acids is 1. The lowest BCUT2D eigenvalue weighted by molar-refractivity contribution is -0.146. The molecule has 0 aliphatic heterocycles. The Hall–Kier alpha value is -1.35. The monoisotopic (exact) mass is 276 g/mol. The van der Waals surface area contributed by atoms with Crippen LogP contribution in [-0.4, -0.2) is 22.3 Å². The minimum atomic E-state index is -0.850. The van der Waals surface area contributed by atoms with Crippen LogP contribution in [0.25, 0.3) is 0 Å². The summed E-state index contributed by atoms with van der Waals surface area (Å²) in [6, 6.07) is 9.92. The molecular weight excluding hydrogens is 252 g/mol. The summed E-state index contributed by atoms with van der Waals surface area (Å²) in [6.07, 6.45) is 5.79. The van der Waals surface area contributed by atoms with Crippen LogP contribution >= 0.6 is 0 Å². The van der Waals surface area contributed by atoms with E-state index in [2.05, 4.69) is 0 Å². The molecule has 1 aromatic rings. The molecule has 0 saturated heterocycles. The number of hydrogen-bond acceptors (Lipinski definition) is 2. The zero-order valence-electron chi connectivity index (χ0n) is 11.9. The van der Waals surface area contributed by atoms with E-state index in [1.54, 1.807) is 0 Å². The molecule has 3 nitrogen and oxygen atoms in total. The summed E-state index contributed by atoms with van der Waals surface area (Å²) >= 11 is 0. The molecule has 1 aromatic carbocycles. The molecule has 1 aliphatic rings. The predicted octanol–water partition coefficient (Wildman–Crippen LogP) is 3.26. The van der Waals surface area contributed by atoms with Crippen molar-refractivity contribution >= 4 is 5.97 Å². The first-order valence-electron chi connectivity index (χ1n) is 7.61. The Morgan fingerprint density at radius 3 is 2.45 bits per heavy atom. The van der Waals surface area contributed by atoms with Crippen LogP contribution in [0.3, 0.4) is 0 Å². The van der Waals surface area contributed by atoms with E-state index < -0.39 is 18.0 Å². The number of carboxylic acids is 1. The van der Waals surface area contributed by atoms with Crippen molar-refractivity contribution in [2.75, 3.05) is 0 Å². The average molecular weight is 276 g/mol. The van der Waals surface area contributed by atoms with Crippen LogP contribution in [0.1, 0.15) is 44.1 Å². The highest BCUT2D eigenvalue weighted by Crippen LogP contribution is 2.32. The van der Waals surface area contributed by atoms with E-state index in [-0.39, 0.29) is 0 Å². The Labute approximate surface area is 120 Å². The van der Waals surface area contributed by atoms with E-state index in [9.17, 15) is 15.0 Å². The summed E-state index contributed by atoms with van der Waals surface area (Å²) < 4.78 is 0. The maximum atomic E-state index is 11.4. The third kappa shape index (κ3) is 4.34. The van der Waals surface area contributed by atoms with Gasteiger partial charge in [0.25, 0.3) is 0 Å². The lowest BCUT2D eigenvalue weighted by Gasteiger charge is -2.22. The van der Waals surface area contributed by atoms with Crippen molar-refractivity contribution in [3.63, 3.8) is 0 Å². The maximum Gasteiger partial charge on any atom is 0.309 e. The topological polar surface area (TPSA) is 57.5 Å². The molecule has 3 heteroatoms. The number of carbonyl (C=O) groups is 1. The quantitative estimate of drug-likeness (QED) is 0.803. The fourth-order valence-corrected chi connectivity index (χ4v) is 3.19. The van der Waals surface area contributed by atoms with Gasteiger partial charge < -0.3 is 10.2 Å². The standard InChI is InChI=1S/C17H24O3/c18-16(11-10-13-6-2-1-3-7-13)15(17(19)20)12-14-8-4-5-9-14/h1-3,6-7,14-16,18H,4-5,8-12H2,(H,19,20)/t15-,16+/m1/s1. The van der Waals surface area contributed by atoms with Gasteiger partial charge in [-0.2, -0.15) is 0 Å². The number of carboxylic acid groups (broad SMARTS) is 1. The van der Waals surface area contributed by atoms with Gasteiger partial charge in [-0.25, -0.2) is 0 Å². The Kier molecular flexibility index (Phi) is 5.60. The number of aliphatic hydroxyl groups is 1. The fourth-order valence-electron chi connectivity index (χ4n) is 3.19. The van der Waals surface area contributed by atoms with E-state index in [1.807, 2.05) is 30.3 Å². The van der Waals surface area contributed by atoms with Crippen molar-refractivity contribution in [2.24, 2.45) is 11.8 Å². The van der Waals surface area contributed by atoms with Crippen molar-refractivity contribution in [1.82, 2.24) is 0 Å². The summed E-state index contributed by atoms with van der Waals surface area (Å²) in [4.78, 5) is 11.4. The van der Waals surface area contributed by atoms with Crippen molar-refractivity contribution in [2.45, 2.75) is 51.0 Å². The van der Waals surface area contributed by atoms with E-state index in [0.29, 0.717) is 18.8 Å². The molecule has 0 heterocycles. The first-order valence-corrected chi connectivity index (χ1v) is 7.61. The molecule has 1 fully saturated rings. The molecule has 0 bridgehead atoms. The number of aliphatic hydroxyl groups excluding tert-OH is 1. The minimum Gasteiger partial charge on any atom is -0.481 e. The minimum absolute atomic E-state index is 0.488. The lowest BCUT2D eigenvalue weighted by atomic mass is 9.87. The van der Waals surface area contributed by atoms with Crippen molar-refractivity contribution < 1.29 is 15.0 Å². The molecule has 1 saturated carbocycles. The molecule has 2 N–H and O–H groups in total. The Bertz CT molecular complexity index is 410. The second kappa shape index (κ2) is 7.44. The van der Waals surface area contributed by atoms with Gasteiger partial charge in [-0.1, -0.05) is 56.0 Å². The third-order valence-electron chi connectivity index (χ3n) is 4.42. The largest absolute Gasteiger partial charge is 0.481 e. The Morgan fingerprint density at radius 1 is 1.20 bits per heavy atom. The Balaban J connectivity index is 1.86. The fraction of sp³-hybridized carbons (Fsp3) is 0.588. The van der Waals surface area contributed by atoms with Crippen LogP contribution in [-0.2, 0) is 11.2 Å². The highest BCUT2D eigenvalue weighted by molar-refractivity contribution is 5.70. The van der Waals surface area contributed by atoms with Crippen LogP contribution in [0.2, 0.25) is 0 Å². The highest BCUT2D eigenvalue weighted by atomic mass is 16.4. The van der Waals surface area contributed by atoms with Gasteiger partial charge in [-0.3, -0.25) is 4.79 Å². The van der Waals surface area contributed by atoms with Gasteiger partial charge in [0.05, 0.1) is 12.0 Å². The van der Waals surface area contributed by atoms with Gasteiger partial charge in [-0.15, -0.1) is 0 Å². The second-order valence-electron chi connectivity index (χ2n) is 5.92. The summed E-state index contributed by atoms with van der Waals surface area (Å²) in [5.74, 6) is -0.971. The van der Waals surface area contributed by atoms with Crippen LogP contribution < -0.4 is 0 Å². The number of rotatable bonds is 7. The van der Waals surface area contributed by atoms with Crippen molar-refractivity contribution in [1.29, 1.82) is 0 Å². The summed E-state index contributed by atoms with van der Waals surface area (Å²) in [5.41, 5.74) is 1.15. The average Bonchev–Trinajstić information content (AvgIpc) is 2.96. The third-order valence-corrected chi connectivity index (χ3v) is 4.42. The summed E-state index contributed by atoms with van der Waals surface area (Å²) in [6.45, 7) is 0. The normalized spacial score (nSPS) is 18.9. The lowest BCUT2D eigenvalue weighted by Crippen LogP contribution is -2.30. The second-order valence-corrected chi connectivity index (χ2v) is 5.92. The molecular formula is C17H24O3. The van der Waals surface area contributed by atoms with E-state index in [0.717, 1.165) is 24.8 Å². The SMILES string of the molecule is O=C(O)[C@H](CC1CCCC1)[C@@H](O)CCc1ccccc1. The highest BCUT2D eigenvalue weighted by Gasteiger charge is 2.30. The van der Waals surface area contributed by atoms with E-state index in [4.69, 9.17) is 0 Å². The predicted molar refractivity (Wildman–Crippen MR) is 78.5 cm³/mol. The molecule has 0 unspecified atom stereocenters. The Morgan fingerprint density at radius 2 is 1.85 bits per heavy atom. The van der Waals surface area contributed by atoms with E-state index >= 15 is 0 Å². The molecule has 0 spiro atoms. The molecule has 2 rings (SSSR count). The van der Waals surface area contributed by atoms with Crippen molar-refractivity contribution in [3.8, 4) is 0 Å². The molecule has 2 atom stereocenters. The first-order chi connectivity index (χ1) is 9.66. The van der Waals surface area contributed by atoms with Gasteiger partial charge >= 0.3 is 5.97 Å². The smallest absolute Gasteiger partial charge is 0.309 e. The molecule has 0 aromatic heterocycles. The van der Waals surface area contributed by atoms with Crippen LogP contribution in [0.15, 0.2) is 30.3 Å². The summed E-state index contributed by atoms with van der Waals surface area (Å²) in [7, 11) is 0. The maximum absolute atomic E-state index is 11.4.